The molecule has 0 unspecified atom stereocenters. The van der Waals surface area contributed by atoms with Gasteiger partial charge in [0.25, 0.3) is 11.5 Å². The zero-order chi connectivity index (χ0) is 23.2. The second-order valence-electron chi connectivity index (χ2n) is 7.84. The predicted molar refractivity (Wildman–Crippen MR) is 116 cm³/mol. The molecular formula is C20H21ClF3N5O2S. The second-order valence-corrected chi connectivity index (χ2v) is 9.30. The number of hydrogen-bond donors (Lipinski definition) is 1. The number of alkyl halides is 3. The smallest absolute Gasteiger partial charge is 0.271 e. The van der Waals surface area contributed by atoms with Crippen LogP contribution in [0.4, 0.5) is 13.2 Å². The minimum absolute atomic E-state index is 0.00556. The number of halogens is 4. The van der Waals surface area contributed by atoms with Gasteiger partial charge in [-0.25, -0.2) is 9.66 Å². The quantitative estimate of drug-likeness (QED) is 0.594. The Labute approximate surface area is 190 Å². The number of thiophene rings is 1. The number of aromatic nitrogens is 4. The topological polar surface area (TPSA) is 81.8 Å². The molecule has 4 rings (SSSR count). The molecule has 3 aromatic heterocycles. The van der Waals surface area contributed by atoms with Crippen molar-refractivity contribution in [1.29, 1.82) is 0 Å². The van der Waals surface area contributed by atoms with Crippen LogP contribution in [0.5, 0.6) is 0 Å². The Hall–Kier alpha value is -2.40. The van der Waals surface area contributed by atoms with E-state index in [2.05, 4.69) is 15.5 Å². The molecule has 12 heteroatoms. The van der Waals surface area contributed by atoms with Gasteiger partial charge in [0.1, 0.15) is 17.2 Å². The van der Waals surface area contributed by atoms with Gasteiger partial charge in [-0.05, 0) is 45.1 Å². The summed E-state index contributed by atoms with van der Waals surface area (Å²) in [5.74, 6) is -0.429. The van der Waals surface area contributed by atoms with E-state index in [0.29, 0.717) is 10.2 Å². The van der Waals surface area contributed by atoms with Crippen molar-refractivity contribution in [3.63, 3.8) is 0 Å². The molecule has 0 aliphatic heterocycles. The Balaban J connectivity index is 1.65. The minimum atomic E-state index is -4.73. The van der Waals surface area contributed by atoms with Crippen molar-refractivity contribution in [3.05, 3.63) is 43.0 Å². The number of rotatable bonds is 3. The van der Waals surface area contributed by atoms with Crippen LogP contribution < -0.4 is 11.0 Å². The van der Waals surface area contributed by atoms with Gasteiger partial charge in [0.05, 0.1) is 16.1 Å². The average Bonchev–Trinajstić information content (AvgIpc) is 3.16. The van der Waals surface area contributed by atoms with Crippen molar-refractivity contribution in [1.82, 2.24) is 19.4 Å². The van der Waals surface area contributed by atoms with Gasteiger partial charge >= 0.3 is 6.18 Å². The Morgan fingerprint density at radius 1 is 1.19 bits per heavy atom. The molecule has 1 aliphatic rings. The molecule has 3 heterocycles. The maximum Gasteiger partial charge on any atom is 0.436 e. The van der Waals surface area contributed by atoms with Crippen molar-refractivity contribution >= 4 is 39.1 Å². The lowest BCUT2D eigenvalue weighted by Crippen LogP contribution is -2.37. The average molecular weight is 488 g/mol. The lowest BCUT2D eigenvalue weighted by molar-refractivity contribution is -0.141. The van der Waals surface area contributed by atoms with E-state index in [1.54, 1.807) is 6.92 Å². The summed E-state index contributed by atoms with van der Waals surface area (Å²) in [6, 6.07) is 0. The number of amides is 1. The van der Waals surface area contributed by atoms with Crippen LogP contribution in [0.15, 0.2) is 4.79 Å². The molecule has 0 saturated carbocycles. The summed E-state index contributed by atoms with van der Waals surface area (Å²) < 4.78 is 41.0. The molecule has 0 aromatic carbocycles. The van der Waals surface area contributed by atoms with Crippen LogP contribution in [0.1, 0.15) is 53.3 Å². The molecule has 0 atom stereocenters. The predicted octanol–water partition coefficient (Wildman–Crippen LogP) is 4.37. The summed E-state index contributed by atoms with van der Waals surface area (Å²) in [7, 11) is 0. The number of nitrogens with one attached hydrogen (secondary N) is 1. The standard InChI is InChI=1S/C20H21ClF3N5O2S/c1-10-16(21)17(20(22,23)24)27-28(10)9-14(30)26-29-11(2)25-18-15(19(29)31)12-7-5-3-4-6-8-13(12)32-18/h3-9H2,1-2H3,(H,26,30). The van der Waals surface area contributed by atoms with Gasteiger partial charge in [-0.15, -0.1) is 11.3 Å². The van der Waals surface area contributed by atoms with E-state index < -0.39 is 29.3 Å². The van der Waals surface area contributed by atoms with Gasteiger partial charge in [-0.1, -0.05) is 24.4 Å². The largest absolute Gasteiger partial charge is 0.436 e. The van der Waals surface area contributed by atoms with E-state index >= 15 is 0 Å². The first-order valence-electron chi connectivity index (χ1n) is 10.2. The van der Waals surface area contributed by atoms with Gasteiger partial charge < -0.3 is 0 Å². The fourth-order valence-electron chi connectivity index (χ4n) is 3.95. The summed E-state index contributed by atoms with van der Waals surface area (Å²) in [5.41, 5.74) is 1.83. The number of carbonyl (C=O) groups is 1. The van der Waals surface area contributed by atoms with Crippen molar-refractivity contribution in [2.45, 2.75) is 65.1 Å². The van der Waals surface area contributed by atoms with E-state index in [4.69, 9.17) is 11.6 Å². The van der Waals surface area contributed by atoms with Gasteiger partial charge in [0.15, 0.2) is 5.69 Å². The van der Waals surface area contributed by atoms with E-state index in [1.165, 1.54) is 18.3 Å². The first kappa shape index (κ1) is 22.8. The normalized spacial score (nSPS) is 14.8. The molecule has 1 N–H and O–H groups in total. The van der Waals surface area contributed by atoms with Crippen molar-refractivity contribution in [3.8, 4) is 0 Å². The highest BCUT2D eigenvalue weighted by atomic mass is 35.5. The molecule has 3 aromatic rings. The van der Waals surface area contributed by atoms with Crippen LogP contribution in [0.25, 0.3) is 10.2 Å². The number of hydrogen-bond acceptors (Lipinski definition) is 5. The van der Waals surface area contributed by atoms with Crippen molar-refractivity contribution in [2.24, 2.45) is 0 Å². The number of fused-ring (bicyclic) bond motifs is 3. The Bertz CT molecular complexity index is 1260. The van der Waals surface area contributed by atoms with Gasteiger partial charge in [-0.2, -0.15) is 18.3 Å². The zero-order valence-electron chi connectivity index (χ0n) is 17.5. The van der Waals surface area contributed by atoms with Crippen LogP contribution in [0, 0.1) is 13.8 Å². The highest BCUT2D eigenvalue weighted by Gasteiger charge is 2.38. The number of carbonyl (C=O) groups excluding carboxylic acids is 1. The third-order valence-corrected chi connectivity index (χ3v) is 7.23. The highest BCUT2D eigenvalue weighted by Crippen LogP contribution is 2.35. The van der Waals surface area contributed by atoms with Crippen LogP contribution in [-0.4, -0.2) is 25.3 Å². The fourth-order valence-corrected chi connectivity index (χ4v) is 5.49. The first-order valence-corrected chi connectivity index (χ1v) is 11.4. The Morgan fingerprint density at radius 3 is 2.53 bits per heavy atom. The molecule has 0 spiro atoms. The summed E-state index contributed by atoms with van der Waals surface area (Å²) in [4.78, 5) is 32.2. The molecule has 32 heavy (non-hydrogen) atoms. The van der Waals surface area contributed by atoms with E-state index in [-0.39, 0.29) is 17.1 Å². The lowest BCUT2D eigenvalue weighted by atomic mass is 9.98. The molecule has 172 valence electrons. The summed E-state index contributed by atoms with van der Waals surface area (Å²) >= 11 is 7.26. The molecule has 0 saturated heterocycles. The number of nitrogens with zero attached hydrogens (tertiary/aromatic N) is 4. The molecular weight excluding hydrogens is 467 g/mol. The van der Waals surface area contributed by atoms with E-state index in [1.807, 2.05) is 0 Å². The highest BCUT2D eigenvalue weighted by molar-refractivity contribution is 7.18. The maximum absolute atomic E-state index is 13.2. The third kappa shape index (κ3) is 4.15. The molecule has 0 fully saturated rings. The molecule has 0 radical (unpaired) electrons. The van der Waals surface area contributed by atoms with Crippen LogP contribution >= 0.6 is 22.9 Å². The second kappa shape index (κ2) is 8.51. The monoisotopic (exact) mass is 487 g/mol. The fraction of sp³-hybridized carbons (Fsp3) is 0.500. The summed E-state index contributed by atoms with van der Waals surface area (Å²) in [6.07, 6.45) is 1.27. The third-order valence-electron chi connectivity index (χ3n) is 5.59. The SMILES string of the molecule is Cc1c(Cl)c(C(F)(F)F)nn1CC(=O)Nn1c(C)nc2sc3c(c2c1=O)CCCCCC3. The molecule has 0 bridgehead atoms. The molecule has 7 nitrogen and oxygen atoms in total. The van der Waals surface area contributed by atoms with Crippen LogP contribution in [-0.2, 0) is 30.4 Å². The first-order chi connectivity index (χ1) is 15.1. The lowest BCUT2D eigenvalue weighted by Gasteiger charge is -2.13. The van der Waals surface area contributed by atoms with E-state index in [0.717, 1.165) is 58.3 Å². The Kier molecular flexibility index (Phi) is 6.06. The van der Waals surface area contributed by atoms with E-state index in [9.17, 15) is 22.8 Å². The Morgan fingerprint density at radius 2 is 1.88 bits per heavy atom. The van der Waals surface area contributed by atoms with Crippen LogP contribution in [0.2, 0.25) is 5.02 Å². The number of aryl methyl sites for hydroxylation is 3. The van der Waals surface area contributed by atoms with Crippen LogP contribution in [0.3, 0.4) is 0 Å². The van der Waals surface area contributed by atoms with Gasteiger partial charge in [0, 0.05) is 4.88 Å². The molecule has 1 amide bonds. The zero-order valence-corrected chi connectivity index (χ0v) is 19.0. The summed E-state index contributed by atoms with van der Waals surface area (Å²) in [6.45, 7) is 2.40. The van der Waals surface area contributed by atoms with Gasteiger partial charge in [-0.3, -0.25) is 19.7 Å². The summed E-state index contributed by atoms with van der Waals surface area (Å²) in [5, 5.41) is 3.38. The maximum atomic E-state index is 13.2. The molecule has 1 aliphatic carbocycles. The minimum Gasteiger partial charge on any atom is -0.271 e. The van der Waals surface area contributed by atoms with Gasteiger partial charge in [0.2, 0.25) is 0 Å². The van der Waals surface area contributed by atoms with Crippen molar-refractivity contribution in [2.75, 3.05) is 5.43 Å². The van der Waals surface area contributed by atoms with Crippen molar-refractivity contribution < 1.29 is 18.0 Å².